The van der Waals surface area contributed by atoms with Crippen LogP contribution in [0.1, 0.15) is 17.2 Å². The number of likely N-dealkylation sites (N-methyl/N-ethyl adjacent to an activating group) is 1. The van der Waals surface area contributed by atoms with Crippen LogP contribution in [0.25, 0.3) is 0 Å². The Morgan fingerprint density at radius 1 is 1.15 bits per heavy atom. The van der Waals surface area contributed by atoms with E-state index < -0.39 is 6.10 Å². The van der Waals surface area contributed by atoms with Gasteiger partial charge in [0.25, 0.3) is 5.91 Å². The van der Waals surface area contributed by atoms with E-state index in [2.05, 4.69) is 22.3 Å². The molecule has 2 unspecified atom stereocenters. The molecule has 2 aliphatic rings. The summed E-state index contributed by atoms with van der Waals surface area (Å²) in [6.45, 7) is 1.45. The zero-order chi connectivity index (χ0) is 18.8. The third-order valence-corrected chi connectivity index (χ3v) is 4.99. The van der Waals surface area contributed by atoms with Crippen LogP contribution in [0.4, 0.5) is 0 Å². The van der Waals surface area contributed by atoms with Crippen molar-refractivity contribution in [2.45, 2.75) is 18.6 Å². The van der Waals surface area contributed by atoms with Crippen LogP contribution in [0, 0.1) is 0 Å². The van der Waals surface area contributed by atoms with Crippen LogP contribution in [0.5, 0.6) is 17.2 Å². The smallest absolute Gasteiger partial charge is 0.264 e. The highest BCUT2D eigenvalue weighted by molar-refractivity contribution is 5.81. The molecule has 0 aromatic heterocycles. The van der Waals surface area contributed by atoms with Crippen LogP contribution in [0.3, 0.4) is 0 Å². The molecule has 1 amide bonds. The van der Waals surface area contributed by atoms with Gasteiger partial charge in [0.15, 0.2) is 11.5 Å². The van der Waals surface area contributed by atoms with E-state index in [1.165, 1.54) is 5.56 Å². The molecule has 2 aromatic carbocycles. The summed E-state index contributed by atoms with van der Waals surface area (Å²) in [5, 5.41) is 3.01. The molecule has 142 valence electrons. The van der Waals surface area contributed by atoms with Gasteiger partial charge in [0.05, 0.1) is 12.6 Å². The first kappa shape index (κ1) is 17.7. The fraction of sp³-hybridized carbons (Fsp3) is 0.381. The monoisotopic (exact) mass is 368 g/mol. The second-order valence-corrected chi connectivity index (χ2v) is 7.05. The summed E-state index contributed by atoms with van der Waals surface area (Å²) in [5.41, 5.74) is 2.39. The number of hydrogen-bond donors (Lipinski definition) is 1. The van der Waals surface area contributed by atoms with Crippen LogP contribution >= 0.6 is 0 Å². The Bertz CT molecular complexity index is 837. The van der Waals surface area contributed by atoms with Gasteiger partial charge in [-0.2, -0.15) is 0 Å². The van der Waals surface area contributed by atoms with Crippen molar-refractivity contribution in [3.8, 4) is 17.2 Å². The van der Waals surface area contributed by atoms with E-state index in [1.807, 2.05) is 44.4 Å². The van der Waals surface area contributed by atoms with Crippen LogP contribution in [0.2, 0.25) is 0 Å². The molecule has 2 heterocycles. The molecule has 2 aromatic rings. The van der Waals surface area contributed by atoms with Gasteiger partial charge >= 0.3 is 0 Å². The second kappa shape index (κ2) is 7.48. The molecule has 6 nitrogen and oxygen atoms in total. The first-order valence-electron chi connectivity index (χ1n) is 9.20. The molecule has 0 aliphatic carbocycles. The Hall–Kier alpha value is -2.73. The largest absolute Gasteiger partial charge is 0.493 e. The standard InChI is InChI=1S/C21H24N2O4/c1-23(2)16(14-7-8-17-15(11-14)9-10-25-17)12-22-21(24)20-13-26-18-5-3-4-6-19(18)27-20/h3-8,11,16,20H,9-10,12-13H2,1-2H3,(H,22,24). The minimum Gasteiger partial charge on any atom is -0.493 e. The van der Waals surface area contributed by atoms with Crippen LogP contribution in [-0.4, -0.2) is 50.8 Å². The van der Waals surface area contributed by atoms with Crippen LogP contribution in [-0.2, 0) is 11.2 Å². The number of rotatable bonds is 5. The van der Waals surface area contributed by atoms with Crippen molar-refractivity contribution < 1.29 is 19.0 Å². The van der Waals surface area contributed by atoms with E-state index in [-0.39, 0.29) is 18.6 Å². The quantitative estimate of drug-likeness (QED) is 0.877. The molecule has 27 heavy (non-hydrogen) atoms. The number of nitrogens with zero attached hydrogens (tertiary/aromatic N) is 1. The van der Waals surface area contributed by atoms with Gasteiger partial charge in [-0.05, 0) is 43.4 Å². The molecule has 0 bridgehead atoms. The van der Waals surface area contributed by atoms with Gasteiger partial charge in [-0.3, -0.25) is 4.79 Å². The number of amides is 1. The van der Waals surface area contributed by atoms with Crippen molar-refractivity contribution in [3.63, 3.8) is 0 Å². The van der Waals surface area contributed by atoms with Crippen molar-refractivity contribution >= 4 is 5.91 Å². The number of para-hydroxylation sites is 2. The topological polar surface area (TPSA) is 60.0 Å². The zero-order valence-electron chi connectivity index (χ0n) is 15.6. The maximum Gasteiger partial charge on any atom is 0.264 e. The first-order chi connectivity index (χ1) is 13.1. The average molecular weight is 368 g/mol. The molecule has 4 rings (SSSR count). The predicted octanol–water partition coefficient (Wildman–Crippen LogP) is 2.18. The van der Waals surface area contributed by atoms with Crippen molar-refractivity contribution in [3.05, 3.63) is 53.6 Å². The molecular weight excluding hydrogens is 344 g/mol. The molecular formula is C21H24N2O4. The lowest BCUT2D eigenvalue weighted by atomic mass is 10.0. The number of nitrogens with one attached hydrogen (secondary N) is 1. The fourth-order valence-electron chi connectivity index (χ4n) is 3.47. The molecule has 0 saturated carbocycles. The number of benzene rings is 2. The lowest BCUT2D eigenvalue weighted by Crippen LogP contribution is -2.46. The van der Waals surface area contributed by atoms with E-state index in [0.29, 0.717) is 18.0 Å². The molecule has 0 spiro atoms. The Labute approximate surface area is 159 Å². The summed E-state index contributed by atoms with van der Waals surface area (Å²) in [5.74, 6) is 2.08. The van der Waals surface area contributed by atoms with E-state index in [0.717, 1.165) is 24.3 Å². The Balaban J connectivity index is 1.41. The van der Waals surface area contributed by atoms with Gasteiger partial charge in [0.2, 0.25) is 6.10 Å². The third-order valence-electron chi connectivity index (χ3n) is 4.99. The highest BCUT2D eigenvalue weighted by Gasteiger charge is 2.28. The molecule has 2 aliphatic heterocycles. The highest BCUT2D eigenvalue weighted by atomic mass is 16.6. The SMILES string of the molecule is CN(C)C(CNC(=O)C1COc2ccccc2O1)c1ccc2c(c1)CCO2. The normalized spacial score (nSPS) is 18.6. The summed E-state index contributed by atoms with van der Waals surface area (Å²) in [7, 11) is 4.02. The van der Waals surface area contributed by atoms with Crippen molar-refractivity contribution in [1.29, 1.82) is 0 Å². The molecule has 6 heteroatoms. The summed E-state index contributed by atoms with van der Waals surface area (Å²) in [6, 6.07) is 13.7. The lowest BCUT2D eigenvalue weighted by Gasteiger charge is -2.28. The predicted molar refractivity (Wildman–Crippen MR) is 101 cm³/mol. The number of hydrogen-bond acceptors (Lipinski definition) is 5. The van der Waals surface area contributed by atoms with Crippen molar-refractivity contribution in [2.24, 2.45) is 0 Å². The maximum atomic E-state index is 12.6. The van der Waals surface area contributed by atoms with E-state index in [4.69, 9.17) is 14.2 Å². The van der Waals surface area contributed by atoms with Gasteiger partial charge in [-0.1, -0.05) is 24.3 Å². The van der Waals surface area contributed by atoms with Gasteiger partial charge in [0, 0.05) is 13.0 Å². The van der Waals surface area contributed by atoms with Crippen LogP contribution in [0.15, 0.2) is 42.5 Å². The summed E-state index contributed by atoms with van der Waals surface area (Å²) in [4.78, 5) is 14.7. The first-order valence-corrected chi connectivity index (χ1v) is 9.20. The number of ether oxygens (including phenoxy) is 3. The molecule has 2 atom stereocenters. The third kappa shape index (κ3) is 3.71. The summed E-state index contributed by atoms with van der Waals surface area (Å²) in [6.07, 6.45) is 0.290. The van der Waals surface area contributed by atoms with E-state index in [1.54, 1.807) is 0 Å². The van der Waals surface area contributed by atoms with Gasteiger partial charge in [-0.15, -0.1) is 0 Å². The van der Waals surface area contributed by atoms with Crippen molar-refractivity contribution in [2.75, 3.05) is 33.9 Å². The molecule has 0 saturated heterocycles. The highest BCUT2D eigenvalue weighted by Crippen LogP contribution is 2.31. The van der Waals surface area contributed by atoms with E-state index >= 15 is 0 Å². The lowest BCUT2D eigenvalue weighted by molar-refractivity contribution is -0.130. The second-order valence-electron chi connectivity index (χ2n) is 7.05. The van der Waals surface area contributed by atoms with Gasteiger partial charge in [-0.25, -0.2) is 0 Å². The Morgan fingerprint density at radius 2 is 1.96 bits per heavy atom. The number of fused-ring (bicyclic) bond motifs is 2. The minimum atomic E-state index is -0.642. The molecule has 0 radical (unpaired) electrons. The fourth-order valence-corrected chi connectivity index (χ4v) is 3.47. The van der Waals surface area contributed by atoms with E-state index in [9.17, 15) is 4.79 Å². The van der Waals surface area contributed by atoms with Gasteiger partial charge in [0.1, 0.15) is 12.4 Å². The Kier molecular flexibility index (Phi) is 4.90. The van der Waals surface area contributed by atoms with Gasteiger partial charge < -0.3 is 24.4 Å². The molecule has 0 fully saturated rings. The number of carbonyl (C=O) groups is 1. The number of carbonyl (C=O) groups excluding carboxylic acids is 1. The summed E-state index contributed by atoms with van der Waals surface area (Å²) < 4.78 is 17.0. The molecule has 1 N–H and O–H groups in total. The minimum absolute atomic E-state index is 0.0663. The van der Waals surface area contributed by atoms with Crippen molar-refractivity contribution in [1.82, 2.24) is 10.2 Å². The zero-order valence-corrected chi connectivity index (χ0v) is 15.6. The Morgan fingerprint density at radius 3 is 2.78 bits per heavy atom. The van der Waals surface area contributed by atoms with Crippen LogP contribution < -0.4 is 19.5 Å². The summed E-state index contributed by atoms with van der Waals surface area (Å²) >= 11 is 0. The average Bonchev–Trinajstić information content (AvgIpc) is 3.15. The maximum absolute atomic E-state index is 12.6.